The summed E-state index contributed by atoms with van der Waals surface area (Å²) < 4.78 is 5.31. The fraction of sp³-hybridized carbons (Fsp3) is 0.600. The molecule has 0 unspecified atom stereocenters. The highest BCUT2D eigenvalue weighted by Crippen LogP contribution is 2.28. The second kappa shape index (κ2) is 5.72. The van der Waals surface area contributed by atoms with Crippen LogP contribution in [-0.4, -0.2) is 33.4 Å². The van der Waals surface area contributed by atoms with Gasteiger partial charge in [-0.05, 0) is 24.1 Å². The minimum absolute atomic E-state index is 0.164. The van der Waals surface area contributed by atoms with Gasteiger partial charge in [0, 0.05) is 31.2 Å². The molecule has 1 aromatic carbocycles. The SMILES string of the molecule is CCCc1ccc(N(C)CC2(CN)COC2)cc1. The van der Waals surface area contributed by atoms with Crippen LogP contribution in [-0.2, 0) is 11.2 Å². The van der Waals surface area contributed by atoms with Gasteiger partial charge >= 0.3 is 0 Å². The molecule has 0 bridgehead atoms. The van der Waals surface area contributed by atoms with E-state index in [1.54, 1.807) is 0 Å². The van der Waals surface area contributed by atoms with Crippen molar-refractivity contribution in [1.29, 1.82) is 0 Å². The number of ether oxygens (including phenoxy) is 1. The van der Waals surface area contributed by atoms with Crippen LogP contribution in [0.2, 0.25) is 0 Å². The van der Waals surface area contributed by atoms with E-state index in [9.17, 15) is 0 Å². The Kier molecular flexibility index (Phi) is 4.25. The molecule has 2 N–H and O–H groups in total. The van der Waals surface area contributed by atoms with Gasteiger partial charge in [0.2, 0.25) is 0 Å². The highest BCUT2D eigenvalue weighted by molar-refractivity contribution is 5.47. The van der Waals surface area contributed by atoms with Gasteiger partial charge in [-0.1, -0.05) is 25.5 Å². The second-order valence-electron chi connectivity index (χ2n) is 5.47. The van der Waals surface area contributed by atoms with Crippen LogP contribution in [0.4, 0.5) is 5.69 Å². The highest BCUT2D eigenvalue weighted by Gasteiger charge is 2.38. The molecule has 1 aromatic rings. The molecule has 3 nitrogen and oxygen atoms in total. The molecule has 0 aliphatic carbocycles. The molecular formula is C15H24N2O. The smallest absolute Gasteiger partial charge is 0.0574 e. The van der Waals surface area contributed by atoms with Gasteiger partial charge in [0.05, 0.1) is 13.2 Å². The Labute approximate surface area is 110 Å². The van der Waals surface area contributed by atoms with Crippen LogP contribution in [0.3, 0.4) is 0 Å². The van der Waals surface area contributed by atoms with Crippen molar-refractivity contribution in [3.63, 3.8) is 0 Å². The van der Waals surface area contributed by atoms with E-state index >= 15 is 0 Å². The molecule has 0 aromatic heterocycles. The van der Waals surface area contributed by atoms with Crippen molar-refractivity contribution < 1.29 is 4.74 Å². The van der Waals surface area contributed by atoms with Crippen LogP contribution in [0.1, 0.15) is 18.9 Å². The third kappa shape index (κ3) is 2.85. The van der Waals surface area contributed by atoms with E-state index in [2.05, 4.69) is 43.1 Å². The summed E-state index contributed by atoms with van der Waals surface area (Å²) in [7, 11) is 2.13. The minimum Gasteiger partial charge on any atom is -0.380 e. The predicted molar refractivity (Wildman–Crippen MR) is 76.0 cm³/mol. The number of hydrogen-bond acceptors (Lipinski definition) is 3. The van der Waals surface area contributed by atoms with Gasteiger partial charge in [0.25, 0.3) is 0 Å². The molecule has 2 rings (SSSR count). The van der Waals surface area contributed by atoms with Crippen LogP contribution in [0.25, 0.3) is 0 Å². The van der Waals surface area contributed by atoms with E-state index in [0.717, 1.165) is 26.2 Å². The first-order chi connectivity index (χ1) is 8.69. The van der Waals surface area contributed by atoms with E-state index in [0.29, 0.717) is 6.54 Å². The van der Waals surface area contributed by atoms with Crippen molar-refractivity contribution >= 4 is 5.69 Å². The number of rotatable bonds is 6. The third-order valence-electron chi connectivity index (χ3n) is 3.74. The molecule has 0 spiro atoms. The van der Waals surface area contributed by atoms with Gasteiger partial charge in [-0.3, -0.25) is 0 Å². The Hall–Kier alpha value is -1.06. The molecule has 100 valence electrons. The lowest BCUT2D eigenvalue weighted by Gasteiger charge is -2.43. The maximum Gasteiger partial charge on any atom is 0.0574 e. The molecule has 1 aliphatic rings. The molecule has 1 aliphatic heterocycles. The summed E-state index contributed by atoms with van der Waals surface area (Å²) >= 11 is 0. The Morgan fingerprint density at radius 1 is 1.28 bits per heavy atom. The average molecular weight is 248 g/mol. The van der Waals surface area contributed by atoms with Crippen molar-refractivity contribution in [2.75, 3.05) is 38.3 Å². The summed E-state index contributed by atoms with van der Waals surface area (Å²) in [5.41, 5.74) is 8.69. The van der Waals surface area contributed by atoms with Crippen molar-refractivity contribution in [2.24, 2.45) is 11.1 Å². The largest absolute Gasteiger partial charge is 0.380 e. The van der Waals surface area contributed by atoms with E-state index in [1.807, 2.05) is 0 Å². The normalized spacial score (nSPS) is 17.3. The molecule has 18 heavy (non-hydrogen) atoms. The molecule has 3 heteroatoms. The topological polar surface area (TPSA) is 38.5 Å². The molecular weight excluding hydrogens is 224 g/mol. The van der Waals surface area contributed by atoms with Gasteiger partial charge in [-0.25, -0.2) is 0 Å². The van der Waals surface area contributed by atoms with E-state index in [-0.39, 0.29) is 5.41 Å². The maximum absolute atomic E-state index is 5.85. The summed E-state index contributed by atoms with van der Waals surface area (Å²) in [4.78, 5) is 2.28. The Bertz CT molecular complexity index is 365. The quantitative estimate of drug-likeness (QED) is 0.837. The van der Waals surface area contributed by atoms with Crippen molar-refractivity contribution in [1.82, 2.24) is 0 Å². The van der Waals surface area contributed by atoms with Crippen molar-refractivity contribution in [2.45, 2.75) is 19.8 Å². The average Bonchev–Trinajstić information content (AvgIpc) is 2.35. The van der Waals surface area contributed by atoms with Crippen LogP contribution in [0.15, 0.2) is 24.3 Å². The third-order valence-corrected chi connectivity index (χ3v) is 3.74. The summed E-state index contributed by atoms with van der Waals surface area (Å²) in [5.74, 6) is 0. The van der Waals surface area contributed by atoms with E-state index < -0.39 is 0 Å². The van der Waals surface area contributed by atoms with Gasteiger partial charge in [0.1, 0.15) is 0 Å². The summed E-state index contributed by atoms with van der Waals surface area (Å²) in [6.45, 7) is 5.47. The lowest BCUT2D eigenvalue weighted by molar-refractivity contribution is -0.101. The zero-order chi connectivity index (χ0) is 13.0. The first-order valence-corrected chi connectivity index (χ1v) is 6.77. The molecule has 1 heterocycles. The van der Waals surface area contributed by atoms with Gasteiger partial charge in [-0.2, -0.15) is 0 Å². The number of anilines is 1. The van der Waals surface area contributed by atoms with Gasteiger partial charge < -0.3 is 15.4 Å². The molecule has 1 fully saturated rings. The van der Waals surface area contributed by atoms with E-state index in [1.165, 1.54) is 17.7 Å². The van der Waals surface area contributed by atoms with Crippen LogP contribution in [0, 0.1) is 5.41 Å². The number of benzene rings is 1. The summed E-state index contributed by atoms with van der Waals surface area (Å²) in [6, 6.07) is 8.85. The molecule has 0 atom stereocenters. The zero-order valence-electron chi connectivity index (χ0n) is 11.5. The fourth-order valence-corrected chi connectivity index (χ4v) is 2.46. The predicted octanol–water partition coefficient (Wildman–Crippen LogP) is 2.05. The Morgan fingerprint density at radius 3 is 2.39 bits per heavy atom. The summed E-state index contributed by atoms with van der Waals surface area (Å²) in [6.07, 6.45) is 2.35. The van der Waals surface area contributed by atoms with Crippen molar-refractivity contribution in [3.05, 3.63) is 29.8 Å². The lowest BCUT2D eigenvalue weighted by Crippen LogP contribution is -2.54. The van der Waals surface area contributed by atoms with Gasteiger partial charge in [0.15, 0.2) is 0 Å². The van der Waals surface area contributed by atoms with Crippen molar-refractivity contribution in [3.8, 4) is 0 Å². The molecule has 0 radical (unpaired) electrons. The van der Waals surface area contributed by atoms with Crippen LogP contribution >= 0.6 is 0 Å². The number of nitrogens with two attached hydrogens (primary N) is 1. The Morgan fingerprint density at radius 2 is 1.94 bits per heavy atom. The minimum atomic E-state index is 0.164. The van der Waals surface area contributed by atoms with Crippen LogP contribution < -0.4 is 10.6 Å². The second-order valence-corrected chi connectivity index (χ2v) is 5.47. The molecule has 0 amide bonds. The number of hydrogen-bond donors (Lipinski definition) is 1. The molecule has 0 saturated carbocycles. The van der Waals surface area contributed by atoms with Crippen LogP contribution in [0.5, 0.6) is 0 Å². The fourth-order valence-electron chi connectivity index (χ4n) is 2.46. The monoisotopic (exact) mass is 248 g/mol. The maximum atomic E-state index is 5.85. The lowest BCUT2D eigenvalue weighted by atomic mass is 9.85. The van der Waals surface area contributed by atoms with E-state index in [4.69, 9.17) is 10.5 Å². The zero-order valence-corrected chi connectivity index (χ0v) is 11.5. The molecule has 1 saturated heterocycles. The Balaban J connectivity index is 1.97. The van der Waals surface area contributed by atoms with Gasteiger partial charge in [-0.15, -0.1) is 0 Å². The number of aryl methyl sites for hydroxylation is 1. The standard InChI is InChI=1S/C15H24N2O/c1-3-4-13-5-7-14(8-6-13)17(2)10-15(9-16)11-18-12-15/h5-8H,3-4,9-12,16H2,1-2H3. The first-order valence-electron chi connectivity index (χ1n) is 6.77. The number of nitrogens with zero attached hydrogens (tertiary/aromatic N) is 1. The summed E-state index contributed by atoms with van der Waals surface area (Å²) in [5, 5.41) is 0. The highest BCUT2D eigenvalue weighted by atomic mass is 16.5. The first kappa shape index (κ1) is 13.4.